The Labute approximate surface area is 202 Å². The molecule has 1 atom stereocenters. The second-order valence-electron chi connectivity index (χ2n) is 6.15. The Bertz CT molecular complexity index is 555. The average Bonchev–Trinajstić information content (AvgIpc) is 2.80. The van der Waals surface area contributed by atoms with Gasteiger partial charge in [0.05, 0.1) is 6.42 Å². The minimum atomic E-state index is -0.790. The topological polar surface area (TPSA) is 78.9 Å². The molecule has 192 valence electrons. The largest absolute Gasteiger partial charge is 0.462 e. The number of esters is 3. The molecule has 0 aliphatic rings. The van der Waals surface area contributed by atoms with Crippen LogP contribution in [0.2, 0.25) is 0 Å². The molecule has 0 rings (SSSR count). The zero-order valence-electron chi connectivity index (χ0n) is 22.4. The van der Waals surface area contributed by atoms with Crippen LogP contribution in [0.5, 0.6) is 0 Å². The number of carbonyl (C=O) groups excluding carboxylic acids is 3. The highest BCUT2D eigenvalue weighted by atomic mass is 16.6. The lowest BCUT2D eigenvalue weighted by Crippen LogP contribution is -2.29. The molecule has 0 saturated heterocycles. The van der Waals surface area contributed by atoms with E-state index in [2.05, 4.69) is 19.1 Å². The quantitative estimate of drug-likeness (QED) is 0.186. The van der Waals surface area contributed by atoms with Crippen molar-refractivity contribution in [3.63, 3.8) is 0 Å². The Balaban J connectivity index is -0.000000317. The van der Waals surface area contributed by atoms with Gasteiger partial charge in [-0.15, -0.1) is 0 Å². The maximum Gasteiger partial charge on any atom is 0.309 e. The monoisotopic (exact) mass is 468 g/mol. The van der Waals surface area contributed by atoms with Gasteiger partial charge in [0.15, 0.2) is 6.10 Å². The fraction of sp³-hybridized carbons (Fsp3) is 0.593. The minimum Gasteiger partial charge on any atom is -0.462 e. The van der Waals surface area contributed by atoms with Gasteiger partial charge in [-0.3, -0.25) is 14.4 Å². The summed E-state index contributed by atoms with van der Waals surface area (Å²) in [6, 6.07) is 0. The van der Waals surface area contributed by atoms with Crippen LogP contribution >= 0.6 is 0 Å². The van der Waals surface area contributed by atoms with Crippen LogP contribution in [-0.4, -0.2) is 37.2 Å². The Kier molecular flexibility index (Phi) is 38.8. The van der Waals surface area contributed by atoms with Crippen LogP contribution in [0.3, 0.4) is 0 Å². The fourth-order valence-electron chi connectivity index (χ4n) is 1.66. The predicted octanol–water partition coefficient (Wildman–Crippen LogP) is 6.91. The fourth-order valence-corrected chi connectivity index (χ4v) is 1.66. The lowest BCUT2D eigenvalue weighted by molar-refractivity contribution is -0.164. The van der Waals surface area contributed by atoms with E-state index in [-0.39, 0.29) is 19.6 Å². The molecule has 0 N–H and O–H groups in total. The maximum atomic E-state index is 11.5. The first-order valence-corrected chi connectivity index (χ1v) is 11.7. The van der Waals surface area contributed by atoms with E-state index in [1.807, 2.05) is 71.9 Å². The van der Waals surface area contributed by atoms with E-state index >= 15 is 0 Å². The first-order valence-electron chi connectivity index (χ1n) is 11.7. The maximum absolute atomic E-state index is 11.5. The van der Waals surface area contributed by atoms with Gasteiger partial charge in [-0.05, 0) is 40.0 Å². The summed E-state index contributed by atoms with van der Waals surface area (Å²) in [5.41, 5.74) is 0. The van der Waals surface area contributed by atoms with Gasteiger partial charge in [-0.2, -0.15) is 0 Å². The summed E-state index contributed by atoms with van der Waals surface area (Å²) in [5.74, 6) is -1.46. The van der Waals surface area contributed by atoms with Gasteiger partial charge in [0.25, 0.3) is 0 Å². The van der Waals surface area contributed by atoms with Gasteiger partial charge in [0, 0.05) is 13.8 Å². The second kappa shape index (κ2) is 34.0. The highest BCUT2D eigenvalue weighted by Crippen LogP contribution is 2.00. The molecule has 0 amide bonds. The molecular formula is C27H48O6. The molecule has 0 heterocycles. The van der Waals surface area contributed by atoms with Gasteiger partial charge in [0.1, 0.15) is 13.2 Å². The molecule has 1 unspecified atom stereocenters. The molecule has 6 heteroatoms. The van der Waals surface area contributed by atoms with Crippen molar-refractivity contribution >= 4 is 17.9 Å². The zero-order chi connectivity index (χ0) is 26.3. The van der Waals surface area contributed by atoms with E-state index < -0.39 is 24.0 Å². The van der Waals surface area contributed by atoms with E-state index in [1.54, 1.807) is 6.08 Å². The molecule has 0 aromatic rings. The summed E-state index contributed by atoms with van der Waals surface area (Å²) in [5, 5.41) is 0. The summed E-state index contributed by atoms with van der Waals surface area (Å²) < 4.78 is 14.6. The van der Waals surface area contributed by atoms with Gasteiger partial charge in [-0.1, -0.05) is 76.3 Å². The number of hydrogen-bond donors (Lipinski definition) is 0. The standard InChI is InChI=1S/C16H24O6.C5H10.C4H8.C2H6/c1-4-5-6-7-8-9-10-16(19)21-12-15(22-14(3)18)11-20-13(2)17;1-3-5-4-2;1-3-4-2;1-2/h5-6,8-9,15H,4,7,10-12H2,1-3H3;3,5H,4H2,1-2H3;3-4H,1-2H3;1-2H3/b6-5-,9-8-;5-3-;4-3-;. The van der Waals surface area contributed by atoms with Crippen LogP contribution in [0.25, 0.3) is 0 Å². The summed E-state index contributed by atoms with van der Waals surface area (Å²) >= 11 is 0. The summed E-state index contributed by atoms with van der Waals surface area (Å²) in [6.45, 7) is 16.4. The lowest BCUT2D eigenvalue weighted by atomic mass is 10.3. The number of hydrogen-bond acceptors (Lipinski definition) is 6. The molecule has 0 aromatic carbocycles. The molecule has 0 fully saturated rings. The first-order chi connectivity index (χ1) is 15.8. The lowest BCUT2D eigenvalue weighted by Gasteiger charge is -2.16. The molecule has 0 aliphatic carbocycles. The van der Waals surface area contributed by atoms with Crippen LogP contribution in [0.15, 0.2) is 48.6 Å². The Morgan fingerprint density at radius 1 is 0.697 bits per heavy atom. The van der Waals surface area contributed by atoms with Crippen molar-refractivity contribution in [3.05, 3.63) is 48.6 Å². The predicted molar refractivity (Wildman–Crippen MR) is 138 cm³/mol. The Hall–Kier alpha value is -2.63. The molecule has 0 aromatic heterocycles. The van der Waals surface area contributed by atoms with Crippen LogP contribution in [0, 0.1) is 0 Å². The molecule has 6 nitrogen and oxygen atoms in total. The normalized spacial score (nSPS) is 11.1. The zero-order valence-corrected chi connectivity index (χ0v) is 22.4. The molecule has 33 heavy (non-hydrogen) atoms. The number of allylic oxidation sites excluding steroid dienone is 7. The van der Waals surface area contributed by atoms with Crippen molar-refractivity contribution in [2.24, 2.45) is 0 Å². The Morgan fingerprint density at radius 3 is 1.61 bits per heavy atom. The van der Waals surface area contributed by atoms with E-state index in [0.717, 1.165) is 19.3 Å². The van der Waals surface area contributed by atoms with Crippen LogP contribution < -0.4 is 0 Å². The van der Waals surface area contributed by atoms with Crippen molar-refractivity contribution in [2.45, 2.75) is 94.1 Å². The highest BCUT2D eigenvalue weighted by molar-refractivity contribution is 5.71. The third-order valence-corrected chi connectivity index (χ3v) is 3.17. The summed E-state index contributed by atoms with van der Waals surface area (Å²) in [7, 11) is 0. The van der Waals surface area contributed by atoms with Crippen molar-refractivity contribution < 1.29 is 28.6 Å². The second-order valence-corrected chi connectivity index (χ2v) is 6.15. The Morgan fingerprint density at radius 2 is 1.21 bits per heavy atom. The minimum absolute atomic E-state index is 0.139. The van der Waals surface area contributed by atoms with Crippen LogP contribution in [0.4, 0.5) is 0 Å². The number of rotatable bonds is 11. The van der Waals surface area contributed by atoms with Crippen molar-refractivity contribution in [3.8, 4) is 0 Å². The van der Waals surface area contributed by atoms with Gasteiger partial charge >= 0.3 is 17.9 Å². The summed E-state index contributed by atoms with van der Waals surface area (Å²) in [4.78, 5) is 33.2. The smallest absolute Gasteiger partial charge is 0.309 e. The molecule has 0 radical (unpaired) electrons. The molecule has 0 spiro atoms. The molecule has 0 aliphatic heterocycles. The number of carbonyl (C=O) groups is 3. The van der Waals surface area contributed by atoms with Gasteiger partial charge in [0.2, 0.25) is 0 Å². The van der Waals surface area contributed by atoms with E-state index in [9.17, 15) is 14.4 Å². The first kappa shape index (κ1) is 37.7. The van der Waals surface area contributed by atoms with Gasteiger partial charge < -0.3 is 14.2 Å². The SMILES string of the molecule is C/C=C\C.C/C=C\CC.CC.CC/C=C\C/C=C\CC(=O)OCC(COC(C)=O)OC(C)=O. The van der Waals surface area contributed by atoms with E-state index in [1.165, 1.54) is 13.8 Å². The van der Waals surface area contributed by atoms with Crippen molar-refractivity contribution in [1.82, 2.24) is 0 Å². The van der Waals surface area contributed by atoms with Crippen molar-refractivity contribution in [1.29, 1.82) is 0 Å². The van der Waals surface area contributed by atoms with Crippen molar-refractivity contribution in [2.75, 3.05) is 13.2 Å². The number of ether oxygens (including phenoxy) is 3. The summed E-state index contributed by atoms with van der Waals surface area (Å²) in [6.07, 6.45) is 18.1. The van der Waals surface area contributed by atoms with E-state index in [4.69, 9.17) is 14.2 Å². The third kappa shape index (κ3) is 44.0. The third-order valence-electron chi connectivity index (χ3n) is 3.17. The molecule has 0 bridgehead atoms. The van der Waals surface area contributed by atoms with Crippen LogP contribution in [0.1, 0.15) is 88.0 Å². The molecular weight excluding hydrogens is 420 g/mol. The average molecular weight is 469 g/mol. The van der Waals surface area contributed by atoms with Gasteiger partial charge in [-0.25, -0.2) is 0 Å². The van der Waals surface area contributed by atoms with E-state index in [0.29, 0.717) is 0 Å². The highest BCUT2D eigenvalue weighted by Gasteiger charge is 2.16. The van der Waals surface area contributed by atoms with Crippen LogP contribution in [-0.2, 0) is 28.6 Å². The molecule has 0 saturated carbocycles.